The number of carbonyl (C=O) groups excluding carboxylic acids is 2. The molecule has 0 bridgehead atoms. The Bertz CT molecular complexity index is 1740. The fourth-order valence-electron chi connectivity index (χ4n) is 6.18. The molecule has 0 atom stereocenters. The average molecular weight is 680 g/mol. The second-order valence-electron chi connectivity index (χ2n) is 12.0. The Hall–Kier alpha value is -4.23. The van der Waals surface area contributed by atoms with E-state index in [1.807, 2.05) is 17.0 Å². The third-order valence-electron chi connectivity index (χ3n) is 8.74. The largest absolute Gasteiger partial charge is 0.489 e. The van der Waals surface area contributed by atoms with Gasteiger partial charge in [-0.25, -0.2) is 23.4 Å². The summed E-state index contributed by atoms with van der Waals surface area (Å²) in [5.41, 5.74) is 1.72. The number of sulfone groups is 1. The van der Waals surface area contributed by atoms with Crippen molar-refractivity contribution in [1.82, 2.24) is 25.2 Å². The lowest BCUT2D eigenvalue weighted by molar-refractivity contribution is -0.137. The maximum Gasteiger partial charge on any atom is 0.247 e. The zero-order valence-corrected chi connectivity index (χ0v) is 27.5. The van der Waals surface area contributed by atoms with Crippen molar-refractivity contribution in [1.29, 1.82) is 0 Å². The summed E-state index contributed by atoms with van der Waals surface area (Å²) in [6.45, 7) is 1.79. The van der Waals surface area contributed by atoms with Crippen LogP contribution < -0.4 is 20.7 Å². The van der Waals surface area contributed by atoms with Gasteiger partial charge in [-0.15, -0.1) is 0 Å². The van der Waals surface area contributed by atoms with Gasteiger partial charge >= 0.3 is 0 Å². The smallest absolute Gasteiger partial charge is 0.247 e. The van der Waals surface area contributed by atoms with Crippen LogP contribution in [0.3, 0.4) is 0 Å². The number of ether oxygens (including phenoxy) is 1. The van der Waals surface area contributed by atoms with Crippen LogP contribution in [0.25, 0.3) is 6.08 Å². The molecule has 4 heterocycles. The second kappa shape index (κ2) is 14.7. The van der Waals surface area contributed by atoms with Gasteiger partial charge < -0.3 is 25.6 Å². The SMILES string of the molecule is O=C(NCCS(=O)(=O)c1ccccn1)C1=Cc2c(ncnc2Nc2ccc(OC3CCN(C(=O)C4CCCC4)CC3)c(Cl)c2)NCC1. The number of piperidine rings is 1. The molecule has 12 nitrogen and oxygen atoms in total. The number of nitrogens with zero attached hydrogens (tertiary/aromatic N) is 4. The fraction of sp³-hybridized carbons (Fsp3) is 0.424. The summed E-state index contributed by atoms with van der Waals surface area (Å²) in [6, 6.07) is 10.1. The first-order valence-electron chi connectivity index (χ1n) is 16.0. The highest BCUT2D eigenvalue weighted by Crippen LogP contribution is 2.34. The molecule has 3 N–H and O–H groups in total. The fourth-order valence-corrected chi connectivity index (χ4v) is 7.49. The molecule has 0 spiro atoms. The molecule has 3 aliphatic rings. The molecule has 1 saturated carbocycles. The summed E-state index contributed by atoms with van der Waals surface area (Å²) in [5, 5.41) is 9.64. The molecule has 6 rings (SSSR count). The van der Waals surface area contributed by atoms with Crippen molar-refractivity contribution in [3.8, 4) is 5.75 Å². The van der Waals surface area contributed by atoms with Gasteiger partial charge in [0.15, 0.2) is 14.9 Å². The summed E-state index contributed by atoms with van der Waals surface area (Å²) in [6.07, 6.45) is 10.8. The van der Waals surface area contributed by atoms with Crippen LogP contribution in [0.4, 0.5) is 17.3 Å². The number of likely N-dealkylation sites (tertiary alicyclic amines) is 1. The van der Waals surface area contributed by atoms with E-state index in [1.54, 1.807) is 24.3 Å². The summed E-state index contributed by atoms with van der Waals surface area (Å²) in [5.74, 6) is 1.45. The summed E-state index contributed by atoms with van der Waals surface area (Å²) < 4.78 is 31.3. The van der Waals surface area contributed by atoms with Crippen LogP contribution in [-0.2, 0) is 19.4 Å². The molecule has 2 aliphatic heterocycles. The van der Waals surface area contributed by atoms with Gasteiger partial charge in [0, 0.05) is 62.4 Å². The Kier molecular flexibility index (Phi) is 10.2. The van der Waals surface area contributed by atoms with Crippen LogP contribution in [-0.4, -0.2) is 78.1 Å². The van der Waals surface area contributed by atoms with Crippen molar-refractivity contribution >= 4 is 56.7 Å². The number of aromatic nitrogens is 3. The molecule has 2 aromatic heterocycles. The number of hydrogen-bond acceptors (Lipinski definition) is 10. The predicted molar refractivity (Wildman–Crippen MR) is 179 cm³/mol. The van der Waals surface area contributed by atoms with Crippen molar-refractivity contribution in [2.75, 3.05) is 42.6 Å². The first-order valence-corrected chi connectivity index (χ1v) is 18.0. The lowest BCUT2D eigenvalue weighted by Crippen LogP contribution is -2.44. The van der Waals surface area contributed by atoms with Crippen molar-refractivity contribution in [2.24, 2.45) is 5.92 Å². The molecule has 47 heavy (non-hydrogen) atoms. The van der Waals surface area contributed by atoms with Crippen molar-refractivity contribution in [3.05, 3.63) is 65.1 Å². The van der Waals surface area contributed by atoms with Crippen LogP contribution in [0.1, 0.15) is 50.5 Å². The maximum absolute atomic E-state index is 13.1. The second-order valence-corrected chi connectivity index (χ2v) is 14.4. The van der Waals surface area contributed by atoms with Gasteiger partial charge in [-0.3, -0.25) is 9.59 Å². The number of amides is 2. The van der Waals surface area contributed by atoms with E-state index in [1.165, 1.54) is 18.6 Å². The van der Waals surface area contributed by atoms with Crippen LogP contribution in [0.15, 0.2) is 59.5 Å². The number of fused-ring (bicyclic) bond motifs is 1. The number of rotatable bonds is 10. The number of hydrogen-bond donors (Lipinski definition) is 3. The average Bonchev–Trinajstić information content (AvgIpc) is 3.53. The molecule has 0 unspecified atom stereocenters. The van der Waals surface area contributed by atoms with E-state index < -0.39 is 9.84 Å². The molecule has 2 fully saturated rings. The summed E-state index contributed by atoms with van der Waals surface area (Å²) in [4.78, 5) is 40.5. The van der Waals surface area contributed by atoms with Crippen LogP contribution >= 0.6 is 11.6 Å². The minimum atomic E-state index is -3.63. The standard InChI is InChI=1S/C33H38ClN7O5S/c34-27-20-24(8-9-28(27)46-25-11-16-41(17-12-25)33(43)22-5-1-2-6-22)40-31-26-19-23(10-14-36-30(26)38-21-39-31)32(42)37-15-18-47(44,45)29-7-3-4-13-35-29/h3-4,7-9,13,19-22,25H,1-2,5-6,10-12,14-18H2,(H,37,42)(H2,36,38,39,40). The zero-order chi connectivity index (χ0) is 32.8. The number of nitrogens with one attached hydrogen (secondary N) is 3. The van der Waals surface area contributed by atoms with Gasteiger partial charge in [-0.05, 0) is 55.7 Å². The Balaban J connectivity index is 1.07. The van der Waals surface area contributed by atoms with Crippen molar-refractivity contribution in [2.45, 2.75) is 56.1 Å². The normalized spacial score (nSPS) is 17.2. The van der Waals surface area contributed by atoms with Gasteiger partial charge in [0.05, 0.1) is 16.3 Å². The molecule has 3 aromatic rings. The van der Waals surface area contributed by atoms with Crippen LogP contribution in [0.5, 0.6) is 5.75 Å². The number of benzene rings is 1. The maximum atomic E-state index is 13.1. The minimum absolute atomic E-state index is 0.0209. The minimum Gasteiger partial charge on any atom is -0.489 e. The monoisotopic (exact) mass is 679 g/mol. The van der Waals surface area contributed by atoms with E-state index in [2.05, 4.69) is 30.9 Å². The van der Waals surface area contributed by atoms with Crippen LogP contribution in [0.2, 0.25) is 5.02 Å². The predicted octanol–water partition coefficient (Wildman–Crippen LogP) is 4.62. The Morgan fingerprint density at radius 2 is 1.85 bits per heavy atom. The number of pyridine rings is 1. The lowest BCUT2D eigenvalue weighted by atomic mass is 10.0. The van der Waals surface area contributed by atoms with E-state index in [0.717, 1.165) is 38.5 Å². The third kappa shape index (κ3) is 8.02. The molecular formula is C33H38ClN7O5S. The lowest BCUT2D eigenvalue weighted by Gasteiger charge is -2.33. The summed E-state index contributed by atoms with van der Waals surface area (Å²) in [7, 11) is -3.63. The van der Waals surface area contributed by atoms with E-state index >= 15 is 0 Å². The van der Waals surface area contributed by atoms with Gasteiger partial charge in [-0.2, -0.15) is 0 Å². The van der Waals surface area contributed by atoms with E-state index in [0.29, 0.717) is 71.2 Å². The molecular weight excluding hydrogens is 642 g/mol. The van der Waals surface area contributed by atoms with Gasteiger partial charge in [-0.1, -0.05) is 30.5 Å². The highest BCUT2D eigenvalue weighted by atomic mass is 35.5. The van der Waals surface area contributed by atoms with E-state index in [-0.39, 0.29) is 35.3 Å². The third-order valence-corrected chi connectivity index (χ3v) is 10.7. The number of anilines is 3. The molecule has 2 amide bonds. The first-order chi connectivity index (χ1) is 22.8. The molecule has 248 valence electrons. The molecule has 1 saturated heterocycles. The molecule has 0 radical (unpaired) electrons. The Morgan fingerprint density at radius 3 is 2.60 bits per heavy atom. The van der Waals surface area contributed by atoms with Gasteiger partial charge in [0.2, 0.25) is 11.8 Å². The Labute approximate surface area is 279 Å². The topological polar surface area (TPSA) is 156 Å². The zero-order valence-electron chi connectivity index (χ0n) is 26.0. The number of halogens is 1. The molecule has 14 heteroatoms. The summed E-state index contributed by atoms with van der Waals surface area (Å²) >= 11 is 6.65. The van der Waals surface area contributed by atoms with Gasteiger partial charge in [0.25, 0.3) is 0 Å². The number of carbonyl (C=O) groups is 2. The van der Waals surface area contributed by atoms with Gasteiger partial charge in [0.1, 0.15) is 29.8 Å². The highest BCUT2D eigenvalue weighted by molar-refractivity contribution is 7.91. The quantitative estimate of drug-likeness (QED) is 0.276. The van der Waals surface area contributed by atoms with Crippen LogP contribution in [0, 0.1) is 5.92 Å². The Morgan fingerprint density at radius 1 is 1.04 bits per heavy atom. The molecule has 1 aliphatic carbocycles. The first kappa shape index (κ1) is 32.7. The van der Waals surface area contributed by atoms with Crippen molar-refractivity contribution in [3.63, 3.8) is 0 Å². The molecule has 1 aromatic carbocycles. The highest BCUT2D eigenvalue weighted by Gasteiger charge is 2.31. The van der Waals surface area contributed by atoms with E-state index in [4.69, 9.17) is 16.3 Å². The van der Waals surface area contributed by atoms with E-state index in [9.17, 15) is 18.0 Å². The van der Waals surface area contributed by atoms with Crippen molar-refractivity contribution < 1.29 is 22.7 Å².